The largest absolute Gasteiger partial charge is 0.366 e. The Hall–Kier alpha value is -1.67. The highest BCUT2D eigenvalue weighted by Crippen LogP contribution is 2.32. The number of rotatable bonds is 1. The van der Waals surface area contributed by atoms with Gasteiger partial charge in [-0.3, -0.25) is 0 Å². The Morgan fingerprint density at radius 2 is 1.65 bits per heavy atom. The molecule has 1 aromatic heterocycles. The van der Waals surface area contributed by atoms with Gasteiger partial charge in [0.1, 0.15) is 11.6 Å². The number of anilines is 1. The lowest BCUT2D eigenvalue weighted by Crippen LogP contribution is -2.57. The summed E-state index contributed by atoms with van der Waals surface area (Å²) in [5.74, 6) is 0.667. The monoisotopic (exact) mass is 274 g/mol. The molecule has 1 aliphatic rings. The van der Waals surface area contributed by atoms with Gasteiger partial charge in [0.2, 0.25) is 0 Å². The second kappa shape index (κ2) is 4.71. The standard InChI is InChI=1S/C15H22N4O/c1-10-11(2)17-18-13(12(10)7-16)19-8-14(3,4)20-15(5,6)9-19/h8-9H2,1-6H3. The highest BCUT2D eigenvalue weighted by molar-refractivity contribution is 5.58. The topological polar surface area (TPSA) is 62.0 Å². The summed E-state index contributed by atoms with van der Waals surface area (Å²) in [6.07, 6.45) is 0. The Morgan fingerprint density at radius 1 is 1.10 bits per heavy atom. The predicted octanol–water partition coefficient (Wildman–Crippen LogP) is 2.36. The average molecular weight is 274 g/mol. The van der Waals surface area contributed by atoms with Gasteiger partial charge < -0.3 is 9.64 Å². The van der Waals surface area contributed by atoms with Crippen molar-refractivity contribution in [3.63, 3.8) is 0 Å². The van der Waals surface area contributed by atoms with E-state index in [1.807, 2.05) is 13.8 Å². The van der Waals surface area contributed by atoms with Crippen molar-refractivity contribution < 1.29 is 4.74 Å². The van der Waals surface area contributed by atoms with Crippen LogP contribution in [-0.2, 0) is 4.74 Å². The minimum absolute atomic E-state index is 0.283. The molecule has 0 saturated carbocycles. The molecule has 20 heavy (non-hydrogen) atoms. The number of hydrogen-bond acceptors (Lipinski definition) is 5. The first-order chi connectivity index (χ1) is 9.15. The Labute approximate surface area is 120 Å². The average Bonchev–Trinajstić information content (AvgIpc) is 2.28. The highest BCUT2D eigenvalue weighted by Gasteiger charge is 2.39. The van der Waals surface area contributed by atoms with Crippen molar-refractivity contribution in [2.45, 2.75) is 52.7 Å². The smallest absolute Gasteiger partial charge is 0.169 e. The van der Waals surface area contributed by atoms with Crippen LogP contribution >= 0.6 is 0 Å². The molecule has 0 unspecified atom stereocenters. The molecule has 0 N–H and O–H groups in total. The van der Waals surface area contributed by atoms with E-state index in [0.717, 1.165) is 11.3 Å². The van der Waals surface area contributed by atoms with Crippen LogP contribution in [0.1, 0.15) is 44.5 Å². The Morgan fingerprint density at radius 3 is 2.15 bits per heavy atom. The van der Waals surface area contributed by atoms with Crippen LogP contribution in [0, 0.1) is 25.2 Å². The van der Waals surface area contributed by atoms with Crippen molar-refractivity contribution in [1.29, 1.82) is 5.26 Å². The summed E-state index contributed by atoms with van der Waals surface area (Å²) in [5.41, 5.74) is 1.76. The molecule has 0 amide bonds. The van der Waals surface area contributed by atoms with E-state index in [2.05, 4.69) is 48.9 Å². The fraction of sp³-hybridized carbons (Fsp3) is 0.667. The van der Waals surface area contributed by atoms with Gasteiger partial charge in [-0.1, -0.05) is 0 Å². The number of ether oxygens (including phenoxy) is 1. The van der Waals surface area contributed by atoms with E-state index in [1.54, 1.807) is 0 Å². The summed E-state index contributed by atoms with van der Waals surface area (Å²) < 4.78 is 6.07. The molecule has 1 aromatic rings. The lowest BCUT2D eigenvalue weighted by atomic mass is 9.98. The first kappa shape index (κ1) is 14.7. The van der Waals surface area contributed by atoms with Crippen LogP contribution in [-0.4, -0.2) is 34.5 Å². The van der Waals surface area contributed by atoms with E-state index < -0.39 is 0 Å². The minimum atomic E-state index is -0.283. The van der Waals surface area contributed by atoms with Crippen LogP contribution < -0.4 is 4.90 Å². The van der Waals surface area contributed by atoms with Gasteiger partial charge in [-0.15, -0.1) is 5.10 Å². The minimum Gasteiger partial charge on any atom is -0.366 e. The molecule has 1 aliphatic heterocycles. The van der Waals surface area contributed by atoms with Gasteiger partial charge in [-0.25, -0.2) is 0 Å². The van der Waals surface area contributed by atoms with Gasteiger partial charge >= 0.3 is 0 Å². The summed E-state index contributed by atoms with van der Waals surface area (Å²) >= 11 is 0. The fourth-order valence-electron chi connectivity index (χ4n) is 2.89. The lowest BCUT2D eigenvalue weighted by Gasteiger charge is -2.47. The van der Waals surface area contributed by atoms with Gasteiger partial charge in [0, 0.05) is 13.1 Å². The van der Waals surface area contributed by atoms with Crippen LogP contribution in [0.2, 0.25) is 0 Å². The van der Waals surface area contributed by atoms with Crippen LogP contribution in [0.25, 0.3) is 0 Å². The van der Waals surface area contributed by atoms with Gasteiger partial charge in [-0.05, 0) is 47.1 Å². The number of hydrogen-bond donors (Lipinski definition) is 0. The van der Waals surface area contributed by atoms with E-state index in [0.29, 0.717) is 24.5 Å². The van der Waals surface area contributed by atoms with Crippen molar-refractivity contribution in [3.05, 3.63) is 16.8 Å². The molecule has 0 radical (unpaired) electrons. The van der Waals surface area contributed by atoms with Crippen molar-refractivity contribution >= 4 is 5.82 Å². The fourth-order valence-corrected chi connectivity index (χ4v) is 2.89. The lowest BCUT2D eigenvalue weighted by molar-refractivity contribution is -0.133. The third-order valence-electron chi connectivity index (χ3n) is 3.54. The van der Waals surface area contributed by atoms with E-state index in [1.165, 1.54) is 0 Å². The molecule has 0 atom stereocenters. The maximum atomic E-state index is 9.44. The summed E-state index contributed by atoms with van der Waals surface area (Å²) in [7, 11) is 0. The van der Waals surface area contributed by atoms with Crippen molar-refractivity contribution in [2.75, 3.05) is 18.0 Å². The molecule has 0 aliphatic carbocycles. The normalized spacial score (nSPS) is 20.6. The zero-order valence-electron chi connectivity index (χ0n) is 13.1. The second-order valence-corrected chi connectivity index (χ2v) is 6.70. The van der Waals surface area contributed by atoms with Gasteiger partial charge in [0.15, 0.2) is 5.82 Å². The Balaban J connectivity index is 2.47. The molecule has 1 fully saturated rings. The molecule has 2 rings (SSSR count). The summed E-state index contributed by atoms with van der Waals surface area (Å²) in [6.45, 7) is 13.4. The van der Waals surface area contributed by atoms with E-state index in [-0.39, 0.29) is 11.2 Å². The van der Waals surface area contributed by atoms with Crippen molar-refractivity contribution in [3.8, 4) is 6.07 Å². The zero-order chi connectivity index (χ0) is 15.1. The van der Waals surface area contributed by atoms with E-state index >= 15 is 0 Å². The summed E-state index contributed by atoms with van der Waals surface area (Å²) in [4.78, 5) is 2.11. The van der Waals surface area contributed by atoms with E-state index in [4.69, 9.17) is 4.74 Å². The number of nitriles is 1. The van der Waals surface area contributed by atoms with Crippen molar-refractivity contribution in [1.82, 2.24) is 10.2 Å². The molecule has 5 heteroatoms. The maximum absolute atomic E-state index is 9.44. The number of aryl methyl sites for hydroxylation is 1. The molecule has 1 saturated heterocycles. The molecule has 5 nitrogen and oxygen atoms in total. The molecule has 0 spiro atoms. The number of nitrogens with zero attached hydrogens (tertiary/aromatic N) is 4. The van der Waals surface area contributed by atoms with Gasteiger partial charge in [-0.2, -0.15) is 10.4 Å². The van der Waals surface area contributed by atoms with Gasteiger partial charge in [0.05, 0.1) is 16.9 Å². The van der Waals surface area contributed by atoms with Crippen LogP contribution in [0.5, 0.6) is 0 Å². The molecule has 2 heterocycles. The van der Waals surface area contributed by atoms with Crippen molar-refractivity contribution in [2.24, 2.45) is 0 Å². The predicted molar refractivity (Wildman–Crippen MR) is 77.7 cm³/mol. The Bertz CT molecular complexity index is 556. The highest BCUT2D eigenvalue weighted by atomic mass is 16.5. The van der Waals surface area contributed by atoms with Crippen LogP contribution in [0.3, 0.4) is 0 Å². The summed E-state index contributed by atoms with van der Waals surface area (Å²) in [5, 5.41) is 17.9. The van der Waals surface area contributed by atoms with Crippen LogP contribution in [0.15, 0.2) is 0 Å². The zero-order valence-corrected chi connectivity index (χ0v) is 13.1. The first-order valence-electron chi connectivity index (χ1n) is 6.84. The number of aromatic nitrogens is 2. The first-order valence-corrected chi connectivity index (χ1v) is 6.84. The maximum Gasteiger partial charge on any atom is 0.169 e. The molecule has 0 bridgehead atoms. The third-order valence-corrected chi connectivity index (χ3v) is 3.54. The SMILES string of the molecule is Cc1nnc(N2CC(C)(C)OC(C)(C)C2)c(C#N)c1C. The molecular weight excluding hydrogens is 252 g/mol. The summed E-state index contributed by atoms with van der Waals surface area (Å²) in [6, 6.07) is 2.27. The number of morpholine rings is 1. The van der Waals surface area contributed by atoms with Gasteiger partial charge in [0.25, 0.3) is 0 Å². The van der Waals surface area contributed by atoms with E-state index in [9.17, 15) is 5.26 Å². The molecule has 0 aromatic carbocycles. The molecular formula is C15H22N4O. The molecule has 108 valence electrons. The Kier molecular flexibility index (Phi) is 3.47. The van der Waals surface area contributed by atoms with Crippen LogP contribution in [0.4, 0.5) is 5.82 Å². The quantitative estimate of drug-likeness (QED) is 0.786. The third kappa shape index (κ3) is 2.75. The second-order valence-electron chi connectivity index (χ2n) is 6.70.